The van der Waals surface area contributed by atoms with Gasteiger partial charge in [-0.3, -0.25) is 9.63 Å². The molecule has 1 amide bonds. The number of carbonyl (C=O) groups excluding carboxylic acids is 1. The van der Waals surface area contributed by atoms with Crippen molar-refractivity contribution in [2.75, 3.05) is 12.5 Å². The minimum absolute atomic E-state index is 0.123. The number of hydrogen-bond acceptors (Lipinski definition) is 10. The number of aliphatic carboxylic acids is 1. The molecule has 5 N–H and O–H groups in total. The number of hydrogen-bond donors (Lipinski definition) is 5. The number of nitrogens with two attached hydrogens (primary N) is 1. The maximum absolute atomic E-state index is 12.3. The molecule has 136 valence electrons. The molecule has 1 aromatic carbocycles. The molecule has 0 unspecified atom stereocenters. The quantitative estimate of drug-likeness (QED) is 0.122. The Bertz CT molecular complexity index is 959. The first-order valence-electron chi connectivity index (χ1n) is 7.09. The van der Waals surface area contributed by atoms with Crippen LogP contribution >= 0.6 is 35.3 Å². The number of carbonyl (C=O) groups is 2. The van der Waals surface area contributed by atoms with Crippen molar-refractivity contribution in [3.63, 3.8) is 0 Å². The Hall–Kier alpha value is -2.25. The number of carboxylic acid groups (broad SMARTS) is 1. The van der Waals surface area contributed by atoms with E-state index in [2.05, 4.69) is 33.4 Å². The molecule has 2 aromatic heterocycles. The predicted octanol–water partition coefficient (Wildman–Crippen LogP) is 1.18. The van der Waals surface area contributed by atoms with Gasteiger partial charge in [0.25, 0.3) is 0 Å². The molecule has 3 rings (SSSR count). The third-order valence-electron chi connectivity index (χ3n) is 3.41. The summed E-state index contributed by atoms with van der Waals surface area (Å²) in [5.74, 6) is -1.28. The molecule has 3 aromatic rings. The molecule has 12 heteroatoms. The van der Waals surface area contributed by atoms with Gasteiger partial charge in [0.2, 0.25) is 11.9 Å². The fraction of sp³-hybridized carbons (Fsp3) is 0.143. The lowest BCUT2D eigenvalue weighted by molar-refractivity contribution is -0.151. The summed E-state index contributed by atoms with van der Waals surface area (Å²) < 4.78 is 0.758. The van der Waals surface area contributed by atoms with E-state index in [1.165, 1.54) is 16.7 Å². The second kappa shape index (κ2) is 7.55. The summed E-state index contributed by atoms with van der Waals surface area (Å²) in [6, 6.07) is 5.37. The van der Waals surface area contributed by atoms with Gasteiger partial charge in [-0.25, -0.2) is 14.8 Å². The smallest absolute Gasteiger partial charge is 0.339 e. The molecule has 26 heavy (non-hydrogen) atoms. The van der Waals surface area contributed by atoms with Crippen molar-refractivity contribution in [1.29, 1.82) is 0 Å². The number of hydroxylamine groups is 1. The number of nitrogen functional groups attached to an aromatic ring is 1. The highest BCUT2D eigenvalue weighted by molar-refractivity contribution is 7.80. The van der Waals surface area contributed by atoms with Gasteiger partial charge in [-0.05, 0) is 12.1 Å². The second-order valence-electron chi connectivity index (χ2n) is 4.98. The SMILES string of the molecule is Nc1nc([C@](NOCNC=O)(C(=O)O)c2nc3c(S)cccc3s2)cs1. The van der Waals surface area contributed by atoms with Crippen LogP contribution in [0.3, 0.4) is 0 Å². The Kier molecular flexibility index (Phi) is 5.38. The molecule has 0 fully saturated rings. The van der Waals surface area contributed by atoms with E-state index >= 15 is 0 Å². The van der Waals surface area contributed by atoms with E-state index in [9.17, 15) is 14.7 Å². The average molecular weight is 411 g/mol. The molecule has 0 radical (unpaired) electrons. The maximum Gasteiger partial charge on any atom is 0.339 e. The fourth-order valence-electron chi connectivity index (χ4n) is 2.22. The molecule has 0 bridgehead atoms. The van der Waals surface area contributed by atoms with Crippen LogP contribution in [0.2, 0.25) is 0 Å². The summed E-state index contributed by atoms with van der Waals surface area (Å²) in [7, 11) is 0. The molecule has 0 aliphatic heterocycles. The number of nitrogens with zero attached hydrogens (tertiary/aromatic N) is 2. The van der Waals surface area contributed by atoms with Crippen molar-refractivity contribution in [3.05, 3.63) is 34.3 Å². The van der Waals surface area contributed by atoms with E-state index < -0.39 is 11.5 Å². The number of thiol groups is 1. The van der Waals surface area contributed by atoms with Gasteiger partial charge in [0.15, 0.2) is 5.13 Å². The third kappa shape index (κ3) is 3.24. The van der Waals surface area contributed by atoms with E-state index in [4.69, 9.17) is 10.6 Å². The van der Waals surface area contributed by atoms with Gasteiger partial charge >= 0.3 is 5.97 Å². The molecule has 0 saturated heterocycles. The summed E-state index contributed by atoms with van der Waals surface area (Å²) in [5.41, 5.74) is 6.96. The highest BCUT2D eigenvalue weighted by Crippen LogP contribution is 2.38. The van der Waals surface area contributed by atoms with Crippen LogP contribution in [0.5, 0.6) is 0 Å². The molecular formula is C14H13N5O4S3. The number of nitrogens with one attached hydrogen (secondary N) is 2. The van der Waals surface area contributed by atoms with Crippen LogP contribution in [0, 0.1) is 0 Å². The Morgan fingerprint density at radius 3 is 2.88 bits per heavy atom. The van der Waals surface area contributed by atoms with E-state index in [1.807, 2.05) is 6.07 Å². The number of aromatic nitrogens is 2. The largest absolute Gasteiger partial charge is 0.479 e. The van der Waals surface area contributed by atoms with Gasteiger partial charge in [-0.15, -0.1) is 35.3 Å². The lowest BCUT2D eigenvalue weighted by Gasteiger charge is -2.26. The van der Waals surface area contributed by atoms with Crippen LogP contribution in [-0.2, 0) is 20.0 Å². The zero-order valence-corrected chi connectivity index (χ0v) is 15.5. The lowest BCUT2D eigenvalue weighted by atomic mass is 9.98. The molecule has 0 aliphatic carbocycles. The first kappa shape index (κ1) is 18.5. The van der Waals surface area contributed by atoms with Crippen molar-refractivity contribution in [2.24, 2.45) is 0 Å². The molecule has 2 heterocycles. The summed E-state index contributed by atoms with van der Waals surface area (Å²) in [5, 5.41) is 14.2. The zero-order valence-electron chi connectivity index (χ0n) is 13.0. The van der Waals surface area contributed by atoms with Crippen molar-refractivity contribution in [1.82, 2.24) is 20.8 Å². The molecule has 0 saturated carbocycles. The number of carboxylic acids is 1. The monoisotopic (exact) mass is 411 g/mol. The Balaban J connectivity index is 2.15. The van der Waals surface area contributed by atoms with Gasteiger partial charge in [-0.1, -0.05) is 6.07 Å². The number of thiazole rings is 2. The topological polar surface area (TPSA) is 139 Å². The van der Waals surface area contributed by atoms with Gasteiger partial charge in [-0.2, -0.15) is 5.48 Å². The summed E-state index contributed by atoms with van der Waals surface area (Å²) in [6.07, 6.45) is 0.426. The molecule has 1 atom stereocenters. The van der Waals surface area contributed by atoms with E-state index in [1.54, 1.807) is 12.1 Å². The Morgan fingerprint density at radius 2 is 2.27 bits per heavy atom. The van der Waals surface area contributed by atoms with Crippen LogP contribution in [0.4, 0.5) is 5.13 Å². The standard InChI is InChI=1S/C14H13N5O4S3/c15-13-17-9(4-25-13)14(12(21)22,19-23-6-16-5-20)11-18-10-7(24)2-1-3-8(10)26-11/h1-5,19,24H,6H2,(H2,15,17)(H,16,20)(H,21,22)/t14-/m1/s1. The molecular weight excluding hydrogens is 398 g/mol. The summed E-state index contributed by atoms with van der Waals surface area (Å²) >= 11 is 6.62. The van der Waals surface area contributed by atoms with E-state index in [0.29, 0.717) is 16.8 Å². The second-order valence-corrected chi connectivity index (χ2v) is 7.38. The van der Waals surface area contributed by atoms with E-state index in [-0.39, 0.29) is 22.6 Å². The van der Waals surface area contributed by atoms with Crippen LogP contribution < -0.4 is 16.5 Å². The van der Waals surface area contributed by atoms with Crippen molar-refractivity contribution >= 4 is 63.0 Å². The van der Waals surface area contributed by atoms with Crippen molar-refractivity contribution in [2.45, 2.75) is 10.4 Å². The molecule has 0 spiro atoms. The van der Waals surface area contributed by atoms with Gasteiger partial charge in [0, 0.05) is 10.3 Å². The third-order valence-corrected chi connectivity index (χ3v) is 5.58. The van der Waals surface area contributed by atoms with Crippen LogP contribution in [0.15, 0.2) is 28.5 Å². The minimum atomic E-state index is -1.90. The first-order chi connectivity index (χ1) is 12.5. The number of fused-ring (bicyclic) bond motifs is 1. The summed E-state index contributed by atoms with van der Waals surface area (Å²) in [4.78, 5) is 37.0. The summed E-state index contributed by atoms with van der Waals surface area (Å²) in [6.45, 7) is -0.249. The van der Waals surface area contributed by atoms with Crippen LogP contribution in [0.25, 0.3) is 10.2 Å². The van der Waals surface area contributed by atoms with Crippen molar-refractivity contribution in [3.8, 4) is 0 Å². The Morgan fingerprint density at radius 1 is 1.46 bits per heavy atom. The zero-order chi connectivity index (χ0) is 18.7. The number of benzene rings is 1. The molecule has 9 nitrogen and oxygen atoms in total. The first-order valence-corrected chi connectivity index (χ1v) is 9.23. The molecule has 0 aliphatic rings. The van der Waals surface area contributed by atoms with Gasteiger partial charge in [0.1, 0.15) is 11.7 Å². The van der Waals surface area contributed by atoms with Crippen LogP contribution in [-0.4, -0.2) is 34.2 Å². The van der Waals surface area contributed by atoms with E-state index in [0.717, 1.165) is 16.0 Å². The predicted molar refractivity (Wildman–Crippen MR) is 100 cm³/mol. The lowest BCUT2D eigenvalue weighted by Crippen LogP contribution is -2.51. The Labute approximate surface area is 160 Å². The maximum atomic E-state index is 12.3. The van der Waals surface area contributed by atoms with Gasteiger partial charge < -0.3 is 16.2 Å². The number of anilines is 1. The number of para-hydroxylation sites is 1. The minimum Gasteiger partial charge on any atom is -0.479 e. The normalized spacial score (nSPS) is 13.4. The highest BCUT2D eigenvalue weighted by atomic mass is 32.1. The number of rotatable bonds is 8. The highest BCUT2D eigenvalue weighted by Gasteiger charge is 2.48. The average Bonchev–Trinajstić information content (AvgIpc) is 3.22. The number of amides is 1. The fourth-order valence-corrected chi connectivity index (χ4v) is 4.30. The van der Waals surface area contributed by atoms with Gasteiger partial charge in [0.05, 0.1) is 15.9 Å². The van der Waals surface area contributed by atoms with Crippen LogP contribution in [0.1, 0.15) is 10.7 Å². The van der Waals surface area contributed by atoms with Crippen molar-refractivity contribution < 1.29 is 19.5 Å².